The second-order valence-electron chi connectivity index (χ2n) is 7.61. The lowest BCUT2D eigenvalue weighted by atomic mass is 10.1. The van der Waals surface area contributed by atoms with Gasteiger partial charge in [0.15, 0.2) is 5.69 Å². The molecule has 3 rings (SSSR count). The quantitative estimate of drug-likeness (QED) is 0.423. The maximum atomic E-state index is 13.6. The number of anilines is 1. The van der Waals surface area contributed by atoms with Crippen molar-refractivity contribution in [2.75, 3.05) is 25.0 Å². The SMILES string of the molecule is CCCCCN(CCC)c1nc2c(C(N)=O)cc(F)cc2[nH]1.CNC(=O)c1ccc(C)nn1. The van der Waals surface area contributed by atoms with Crippen LogP contribution in [0.1, 0.15) is 66.1 Å². The van der Waals surface area contributed by atoms with Crippen molar-refractivity contribution in [2.45, 2.75) is 46.5 Å². The zero-order valence-electron chi connectivity index (χ0n) is 19.6. The van der Waals surface area contributed by atoms with Crippen LogP contribution in [0.2, 0.25) is 0 Å². The fraction of sp³-hybridized carbons (Fsp3) is 0.435. The molecule has 0 atom stereocenters. The minimum atomic E-state index is -0.671. The molecule has 1 aromatic carbocycles. The summed E-state index contributed by atoms with van der Waals surface area (Å²) in [4.78, 5) is 32.1. The molecule has 0 aliphatic carbocycles. The van der Waals surface area contributed by atoms with Gasteiger partial charge in [0, 0.05) is 20.1 Å². The fourth-order valence-corrected chi connectivity index (χ4v) is 3.20. The summed E-state index contributed by atoms with van der Waals surface area (Å²) in [6.07, 6.45) is 4.36. The minimum Gasteiger partial charge on any atom is -0.366 e. The van der Waals surface area contributed by atoms with Crippen LogP contribution in [0, 0.1) is 12.7 Å². The third-order valence-corrected chi connectivity index (χ3v) is 4.89. The molecule has 10 heteroatoms. The van der Waals surface area contributed by atoms with E-state index < -0.39 is 11.7 Å². The first-order chi connectivity index (χ1) is 15.8. The Morgan fingerprint density at radius 3 is 2.45 bits per heavy atom. The molecule has 2 aromatic heterocycles. The molecule has 2 heterocycles. The van der Waals surface area contributed by atoms with Crippen molar-refractivity contribution in [2.24, 2.45) is 5.73 Å². The van der Waals surface area contributed by atoms with Crippen LogP contribution in [-0.4, -0.2) is 52.1 Å². The van der Waals surface area contributed by atoms with Crippen molar-refractivity contribution in [1.29, 1.82) is 0 Å². The van der Waals surface area contributed by atoms with Crippen LogP contribution in [0.4, 0.5) is 10.3 Å². The maximum absolute atomic E-state index is 13.6. The van der Waals surface area contributed by atoms with Crippen molar-refractivity contribution >= 4 is 28.8 Å². The second kappa shape index (κ2) is 12.5. The lowest BCUT2D eigenvalue weighted by Crippen LogP contribution is -2.26. The number of carbonyl (C=O) groups excluding carboxylic acids is 2. The number of aryl methyl sites for hydroxylation is 1. The highest BCUT2D eigenvalue weighted by atomic mass is 19.1. The van der Waals surface area contributed by atoms with Gasteiger partial charge in [0.25, 0.3) is 11.8 Å². The first kappa shape index (κ1) is 25.7. The molecule has 2 amide bonds. The number of aromatic amines is 1. The van der Waals surface area contributed by atoms with Crippen LogP contribution in [0.15, 0.2) is 24.3 Å². The van der Waals surface area contributed by atoms with Gasteiger partial charge in [-0.15, -0.1) is 5.10 Å². The lowest BCUT2D eigenvalue weighted by Gasteiger charge is -2.20. The monoisotopic (exact) mass is 457 g/mol. The van der Waals surface area contributed by atoms with Crippen molar-refractivity contribution in [3.05, 3.63) is 47.0 Å². The standard InChI is InChI=1S/C16H23FN4O.C7H9N3O/c1-3-5-6-8-21(7-4-2)16-19-13-10-11(17)9-12(15(18)22)14(13)20-16;1-5-3-4-6(10-9-5)7(11)8-2/h9-10H,3-8H2,1-2H3,(H2,18,22)(H,19,20);3-4H,1-2H3,(H,8,11). The average Bonchev–Trinajstić information content (AvgIpc) is 3.22. The van der Waals surface area contributed by atoms with E-state index in [2.05, 4.69) is 44.2 Å². The van der Waals surface area contributed by atoms with E-state index in [1.54, 1.807) is 19.2 Å². The van der Waals surface area contributed by atoms with Gasteiger partial charge in [-0.1, -0.05) is 26.7 Å². The largest absolute Gasteiger partial charge is 0.366 e. The Morgan fingerprint density at radius 1 is 1.12 bits per heavy atom. The number of hydrogen-bond acceptors (Lipinski definition) is 6. The summed E-state index contributed by atoms with van der Waals surface area (Å²) in [5.74, 6) is -0.710. The molecule has 0 radical (unpaired) electrons. The summed E-state index contributed by atoms with van der Waals surface area (Å²) in [6, 6.07) is 5.86. The molecule has 33 heavy (non-hydrogen) atoms. The van der Waals surface area contributed by atoms with E-state index in [-0.39, 0.29) is 11.5 Å². The smallest absolute Gasteiger partial charge is 0.271 e. The number of H-pyrrole nitrogens is 1. The van der Waals surface area contributed by atoms with Crippen molar-refractivity contribution in [1.82, 2.24) is 25.5 Å². The number of hydrogen-bond donors (Lipinski definition) is 3. The third kappa shape index (κ3) is 7.23. The molecule has 0 unspecified atom stereocenters. The number of aromatic nitrogens is 4. The van der Waals surface area contributed by atoms with Crippen LogP contribution >= 0.6 is 0 Å². The molecule has 0 aliphatic rings. The molecule has 0 bridgehead atoms. The lowest BCUT2D eigenvalue weighted by molar-refractivity contribution is 0.0955. The summed E-state index contributed by atoms with van der Waals surface area (Å²) in [5, 5.41) is 9.88. The minimum absolute atomic E-state index is 0.113. The number of fused-ring (bicyclic) bond motifs is 1. The summed E-state index contributed by atoms with van der Waals surface area (Å²) in [6.45, 7) is 7.83. The van der Waals surface area contributed by atoms with E-state index in [9.17, 15) is 14.0 Å². The Labute approximate surface area is 193 Å². The van der Waals surface area contributed by atoms with Gasteiger partial charge in [0.05, 0.1) is 16.8 Å². The van der Waals surface area contributed by atoms with E-state index in [1.807, 2.05) is 6.92 Å². The number of primary amides is 1. The molecule has 0 spiro atoms. The Bertz CT molecular complexity index is 1070. The molecule has 0 aliphatic heterocycles. The number of nitrogens with two attached hydrogens (primary N) is 1. The molecular weight excluding hydrogens is 425 g/mol. The molecule has 0 saturated heterocycles. The fourth-order valence-electron chi connectivity index (χ4n) is 3.20. The zero-order chi connectivity index (χ0) is 24.4. The van der Waals surface area contributed by atoms with E-state index in [1.165, 1.54) is 6.07 Å². The predicted octanol–water partition coefficient (Wildman–Crippen LogP) is 3.35. The molecule has 178 valence electrons. The van der Waals surface area contributed by atoms with E-state index in [4.69, 9.17) is 5.73 Å². The number of imidazole rings is 1. The summed E-state index contributed by atoms with van der Waals surface area (Å²) in [5.41, 5.74) is 7.51. The van der Waals surface area contributed by atoms with Gasteiger partial charge >= 0.3 is 0 Å². The topological polar surface area (TPSA) is 130 Å². The Balaban J connectivity index is 0.000000294. The number of carbonyl (C=O) groups is 2. The Morgan fingerprint density at radius 2 is 1.88 bits per heavy atom. The van der Waals surface area contributed by atoms with Crippen molar-refractivity contribution < 1.29 is 14.0 Å². The van der Waals surface area contributed by atoms with E-state index >= 15 is 0 Å². The van der Waals surface area contributed by atoms with Gasteiger partial charge in [0.2, 0.25) is 5.95 Å². The molecule has 9 nitrogen and oxygen atoms in total. The van der Waals surface area contributed by atoms with Gasteiger partial charge in [-0.3, -0.25) is 9.59 Å². The van der Waals surface area contributed by atoms with Gasteiger partial charge in [0.1, 0.15) is 11.3 Å². The van der Waals surface area contributed by atoms with Crippen LogP contribution in [0.3, 0.4) is 0 Å². The number of benzene rings is 1. The number of nitrogens with zero attached hydrogens (tertiary/aromatic N) is 4. The highest BCUT2D eigenvalue weighted by molar-refractivity contribution is 6.04. The number of nitrogens with one attached hydrogen (secondary N) is 2. The van der Waals surface area contributed by atoms with Crippen LogP contribution < -0.4 is 16.0 Å². The Hall–Kier alpha value is -3.56. The third-order valence-electron chi connectivity index (χ3n) is 4.89. The molecular formula is C23H32FN7O2. The molecule has 0 fully saturated rings. The number of amides is 2. The van der Waals surface area contributed by atoms with Crippen LogP contribution in [0.5, 0.6) is 0 Å². The van der Waals surface area contributed by atoms with Crippen molar-refractivity contribution in [3.8, 4) is 0 Å². The zero-order valence-corrected chi connectivity index (χ0v) is 19.6. The van der Waals surface area contributed by atoms with E-state index in [0.717, 1.165) is 50.5 Å². The van der Waals surface area contributed by atoms with Crippen LogP contribution in [0.25, 0.3) is 11.0 Å². The van der Waals surface area contributed by atoms with E-state index in [0.29, 0.717) is 22.7 Å². The highest BCUT2D eigenvalue weighted by Gasteiger charge is 2.16. The van der Waals surface area contributed by atoms with Gasteiger partial charge in [-0.2, -0.15) is 5.10 Å². The number of rotatable bonds is 9. The Kier molecular flexibility index (Phi) is 9.71. The van der Waals surface area contributed by atoms with Crippen molar-refractivity contribution in [3.63, 3.8) is 0 Å². The van der Waals surface area contributed by atoms with Gasteiger partial charge in [-0.25, -0.2) is 9.37 Å². The molecule has 4 N–H and O–H groups in total. The van der Waals surface area contributed by atoms with Gasteiger partial charge < -0.3 is 20.9 Å². The summed E-state index contributed by atoms with van der Waals surface area (Å²) >= 11 is 0. The molecule has 0 saturated carbocycles. The normalized spacial score (nSPS) is 10.5. The van der Waals surface area contributed by atoms with Crippen LogP contribution in [-0.2, 0) is 0 Å². The number of halogens is 1. The summed E-state index contributed by atoms with van der Waals surface area (Å²) < 4.78 is 13.6. The first-order valence-corrected chi connectivity index (χ1v) is 11.1. The predicted molar refractivity (Wildman–Crippen MR) is 127 cm³/mol. The summed E-state index contributed by atoms with van der Waals surface area (Å²) in [7, 11) is 1.56. The second-order valence-corrected chi connectivity index (χ2v) is 7.61. The average molecular weight is 458 g/mol. The molecule has 3 aromatic rings. The first-order valence-electron chi connectivity index (χ1n) is 11.1. The number of unbranched alkanes of at least 4 members (excludes halogenated alkanes) is 2. The van der Waals surface area contributed by atoms with Gasteiger partial charge in [-0.05, 0) is 44.0 Å². The highest BCUT2D eigenvalue weighted by Crippen LogP contribution is 2.23. The maximum Gasteiger partial charge on any atom is 0.271 e.